The third kappa shape index (κ3) is 6.72. The molecule has 1 aromatic carbocycles. The van der Waals surface area contributed by atoms with Crippen LogP contribution in [0.4, 0.5) is 0 Å². The van der Waals surface area contributed by atoms with Gasteiger partial charge < -0.3 is 20.3 Å². The van der Waals surface area contributed by atoms with Crippen molar-refractivity contribution in [3.05, 3.63) is 71.3 Å². The van der Waals surface area contributed by atoms with E-state index in [0.29, 0.717) is 34.7 Å². The van der Waals surface area contributed by atoms with E-state index in [2.05, 4.69) is 33.9 Å². The number of hydrogen-bond donors (Lipinski definition) is 2. The summed E-state index contributed by atoms with van der Waals surface area (Å²) in [5.74, 6) is 0.377. The average Bonchev–Trinajstić information content (AvgIpc) is 3.38. The lowest BCUT2D eigenvalue weighted by atomic mass is 10.1. The van der Waals surface area contributed by atoms with E-state index in [1.54, 1.807) is 47.8 Å². The highest BCUT2D eigenvalue weighted by molar-refractivity contribution is 7.91. The summed E-state index contributed by atoms with van der Waals surface area (Å²) in [6.45, 7) is 4.03. The molecule has 3 heterocycles. The van der Waals surface area contributed by atoms with Gasteiger partial charge in [-0.15, -0.1) is 11.3 Å². The highest BCUT2D eigenvalue weighted by Gasteiger charge is 2.30. The molecule has 10 heteroatoms. The van der Waals surface area contributed by atoms with Crippen LogP contribution in [0.2, 0.25) is 0 Å². The third-order valence-electron chi connectivity index (χ3n) is 6.16. The molecule has 2 aliphatic rings. The molecule has 1 aromatic heterocycles. The Morgan fingerprint density at radius 3 is 2.74 bits per heavy atom. The second kappa shape index (κ2) is 11.9. The number of hydrogen-bond acceptors (Lipinski definition) is 7. The van der Waals surface area contributed by atoms with Crippen LogP contribution in [-0.4, -0.2) is 69.4 Å². The number of ether oxygens (including phenoxy) is 1. The molecule has 4 rings (SSSR count). The Bertz CT molecular complexity index is 1170. The summed E-state index contributed by atoms with van der Waals surface area (Å²) >= 11 is 1.21. The summed E-state index contributed by atoms with van der Waals surface area (Å²) in [7, 11) is -1.98. The lowest BCUT2D eigenvalue weighted by Crippen LogP contribution is -2.46. The second-order valence-electron chi connectivity index (χ2n) is 8.53. The van der Waals surface area contributed by atoms with Crippen molar-refractivity contribution < 1.29 is 17.9 Å². The van der Waals surface area contributed by atoms with Gasteiger partial charge in [0, 0.05) is 49.2 Å². The molecule has 1 amide bonds. The molecule has 0 saturated carbocycles. The Hall–Kier alpha value is -2.66. The number of methoxy groups -OCH3 is 1. The van der Waals surface area contributed by atoms with Crippen molar-refractivity contribution in [3.8, 4) is 5.75 Å². The highest BCUT2D eigenvalue weighted by Crippen LogP contribution is 2.27. The van der Waals surface area contributed by atoms with Crippen LogP contribution < -0.4 is 15.4 Å². The fourth-order valence-electron chi connectivity index (χ4n) is 4.14. The normalized spacial score (nSPS) is 17.0. The van der Waals surface area contributed by atoms with Crippen LogP contribution in [0, 0.1) is 0 Å². The quantitative estimate of drug-likeness (QED) is 0.505. The minimum Gasteiger partial charge on any atom is -0.497 e. The first-order valence-electron chi connectivity index (χ1n) is 11.8. The first kappa shape index (κ1) is 25.4. The summed E-state index contributed by atoms with van der Waals surface area (Å²) in [6, 6.07) is 10.6. The Kier molecular flexibility index (Phi) is 8.61. The Morgan fingerprint density at radius 1 is 1.17 bits per heavy atom. The Balaban J connectivity index is 1.24. The van der Waals surface area contributed by atoms with Crippen LogP contribution >= 0.6 is 11.3 Å². The standard InChI is InChI=1S/C25H32N4O4S2/c1-33-22-7-5-6-20(18-22)25(30)27-19-23-8-9-24(34-23)35(31,32)29-15-10-21(11-16-29)26-12-17-28-13-3-2-4-14-28/h2-9,13,18,21,26H,10-12,14-17,19H2,1H3,(H,27,30). The summed E-state index contributed by atoms with van der Waals surface area (Å²) in [5.41, 5.74) is 0.495. The van der Waals surface area contributed by atoms with Crippen LogP contribution in [0.5, 0.6) is 5.75 Å². The van der Waals surface area contributed by atoms with E-state index in [0.717, 1.165) is 37.4 Å². The topological polar surface area (TPSA) is 91.0 Å². The minimum absolute atomic E-state index is 0.232. The molecule has 0 spiro atoms. The van der Waals surface area contributed by atoms with Gasteiger partial charge in [-0.2, -0.15) is 4.31 Å². The predicted octanol–water partition coefficient (Wildman–Crippen LogP) is 2.81. The molecule has 2 N–H and O–H groups in total. The van der Waals surface area contributed by atoms with E-state index >= 15 is 0 Å². The van der Waals surface area contributed by atoms with Gasteiger partial charge >= 0.3 is 0 Å². The fraction of sp³-hybridized carbons (Fsp3) is 0.400. The number of benzene rings is 1. The highest BCUT2D eigenvalue weighted by atomic mass is 32.2. The number of piperidine rings is 1. The molecule has 2 aromatic rings. The number of thiophene rings is 1. The fourth-order valence-corrected chi connectivity index (χ4v) is 7.06. The number of allylic oxidation sites excluding steroid dienone is 2. The maximum absolute atomic E-state index is 13.2. The van der Waals surface area contributed by atoms with Crippen LogP contribution in [0.25, 0.3) is 0 Å². The number of nitrogens with zero attached hydrogens (tertiary/aromatic N) is 2. The van der Waals surface area contributed by atoms with E-state index in [4.69, 9.17) is 4.74 Å². The number of sulfonamides is 1. The molecular weight excluding hydrogens is 484 g/mol. The van der Waals surface area contributed by atoms with Crippen molar-refractivity contribution >= 4 is 27.3 Å². The summed E-state index contributed by atoms with van der Waals surface area (Å²) < 4.78 is 33.4. The molecule has 1 fully saturated rings. The van der Waals surface area contributed by atoms with E-state index in [-0.39, 0.29) is 12.5 Å². The Labute approximate surface area is 211 Å². The molecule has 0 radical (unpaired) electrons. The first-order chi connectivity index (χ1) is 17.0. The molecule has 35 heavy (non-hydrogen) atoms. The monoisotopic (exact) mass is 516 g/mol. The lowest BCUT2D eigenvalue weighted by molar-refractivity contribution is 0.0951. The largest absolute Gasteiger partial charge is 0.497 e. The van der Waals surface area contributed by atoms with Crippen molar-refractivity contribution in [2.24, 2.45) is 0 Å². The molecule has 0 aliphatic carbocycles. The number of carbonyl (C=O) groups is 1. The zero-order chi connectivity index (χ0) is 24.7. The van der Waals surface area contributed by atoms with Crippen LogP contribution in [-0.2, 0) is 16.6 Å². The number of amides is 1. The van der Waals surface area contributed by atoms with Crippen molar-refractivity contribution in [2.75, 3.05) is 39.8 Å². The number of nitrogens with one attached hydrogen (secondary N) is 2. The van der Waals surface area contributed by atoms with Gasteiger partial charge in [-0.25, -0.2) is 8.42 Å². The van der Waals surface area contributed by atoms with Crippen molar-refractivity contribution in [1.82, 2.24) is 19.8 Å². The second-order valence-corrected chi connectivity index (χ2v) is 11.9. The molecule has 0 bridgehead atoms. The lowest BCUT2D eigenvalue weighted by Gasteiger charge is -2.32. The van der Waals surface area contributed by atoms with Gasteiger partial charge in [-0.05, 0) is 55.4 Å². The molecule has 2 aliphatic heterocycles. The van der Waals surface area contributed by atoms with E-state index in [9.17, 15) is 13.2 Å². The maximum atomic E-state index is 13.2. The molecule has 188 valence electrons. The maximum Gasteiger partial charge on any atom is 0.252 e. The summed E-state index contributed by atoms with van der Waals surface area (Å²) in [5, 5.41) is 6.41. The van der Waals surface area contributed by atoms with Gasteiger partial charge in [0.05, 0.1) is 13.7 Å². The SMILES string of the molecule is COc1cccc(C(=O)NCc2ccc(S(=O)(=O)N3CCC(NCCN4C=CC=CC4)CC3)s2)c1. The zero-order valence-electron chi connectivity index (χ0n) is 19.9. The zero-order valence-corrected chi connectivity index (χ0v) is 21.5. The molecule has 0 atom stereocenters. The third-order valence-corrected chi connectivity index (χ3v) is 9.61. The number of rotatable bonds is 10. The van der Waals surface area contributed by atoms with Gasteiger partial charge in [0.15, 0.2) is 0 Å². The van der Waals surface area contributed by atoms with E-state index < -0.39 is 10.0 Å². The van der Waals surface area contributed by atoms with E-state index in [1.807, 2.05) is 6.08 Å². The van der Waals surface area contributed by atoms with Gasteiger partial charge in [0.2, 0.25) is 0 Å². The summed E-state index contributed by atoms with van der Waals surface area (Å²) in [4.78, 5) is 15.5. The van der Waals surface area contributed by atoms with Crippen LogP contribution in [0.15, 0.2) is 65.0 Å². The van der Waals surface area contributed by atoms with Gasteiger partial charge in [-0.1, -0.05) is 18.2 Å². The molecular formula is C25H32N4O4S2. The summed E-state index contributed by atoms with van der Waals surface area (Å²) in [6.07, 6.45) is 9.91. The number of carbonyl (C=O) groups excluding carboxylic acids is 1. The average molecular weight is 517 g/mol. The van der Waals surface area contributed by atoms with Gasteiger partial charge in [0.25, 0.3) is 15.9 Å². The van der Waals surface area contributed by atoms with Gasteiger partial charge in [-0.3, -0.25) is 4.79 Å². The minimum atomic E-state index is -3.53. The van der Waals surface area contributed by atoms with Crippen LogP contribution in [0.1, 0.15) is 28.1 Å². The van der Waals surface area contributed by atoms with Crippen molar-refractivity contribution in [1.29, 1.82) is 0 Å². The smallest absolute Gasteiger partial charge is 0.252 e. The van der Waals surface area contributed by atoms with E-state index in [1.165, 1.54) is 11.3 Å². The predicted molar refractivity (Wildman–Crippen MR) is 138 cm³/mol. The van der Waals surface area contributed by atoms with Gasteiger partial charge in [0.1, 0.15) is 9.96 Å². The Morgan fingerprint density at radius 2 is 2.00 bits per heavy atom. The molecule has 1 saturated heterocycles. The van der Waals surface area contributed by atoms with Crippen molar-refractivity contribution in [3.63, 3.8) is 0 Å². The first-order valence-corrected chi connectivity index (χ1v) is 14.0. The molecule has 0 unspecified atom stereocenters. The van der Waals surface area contributed by atoms with Crippen molar-refractivity contribution in [2.45, 2.75) is 29.6 Å². The van der Waals surface area contributed by atoms with Crippen LogP contribution in [0.3, 0.4) is 0 Å². The molecule has 8 nitrogen and oxygen atoms in total.